The molecule has 0 bridgehead atoms. The molecule has 3 nitrogen and oxygen atoms in total. The average Bonchev–Trinajstić information content (AvgIpc) is 3.03. The SMILES string of the molecule is CC(C)(C)Oc1ccc([C@@H](C2CCCC2)N2CCNCC2)cc1. The van der Waals surface area contributed by atoms with Crippen LogP contribution in [0.2, 0.25) is 0 Å². The maximum Gasteiger partial charge on any atom is 0.120 e. The number of hydrogen-bond acceptors (Lipinski definition) is 3. The van der Waals surface area contributed by atoms with Crippen molar-refractivity contribution in [3.8, 4) is 5.75 Å². The maximum absolute atomic E-state index is 5.98. The van der Waals surface area contributed by atoms with Gasteiger partial charge in [0.05, 0.1) is 0 Å². The van der Waals surface area contributed by atoms with Crippen molar-refractivity contribution in [2.45, 2.75) is 58.1 Å². The molecule has 0 spiro atoms. The molecule has 1 heterocycles. The first-order chi connectivity index (χ1) is 11.0. The second kappa shape index (κ2) is 7.23. The Bertz CT molecular complexity index is 479. The maximum atomic E-state index is 5.98. The Hall–Kier alpha value is -1.06. The van der Waals surface area contributed by atoms with Crippen LogP contribution in [0.3, 0.4) is 0 Å². The molecule has 3 heteroatoms. The zero-order valence-electron chi connectivity index (χ0n) is 15.0. The molecule has 0 unspecified atom stereocenters. The molecule has 1 saturated heterocycles. The Morgan fingerprint density at radius 2 is 1.65 bits per heavy atom. The molecule has 1 atom stereocenters. The number of rotatable bonds is 4. The summed E-state index contributed by atoms with van der Waals surface area (Å²) in [6, 6.07) is 9.50. The second-order valence-corrected chi connectivity index (χ2v) is 8.06. The predicted molar refractivity (Wildman–Crippen MR) is 96.0 cm³/mol. The molecule has 1 aromatic carbocycles. The van der Waals surface area contributed by atoms with Gasteiger partial charge < -0.3 is 10.1 Å². The molecule has 23 heavy (non-hydrogen) atoms. The van der Waals surface area contributed by atoms with Crippen LogP contribution in [-0.4, -0.2) is 36.7 Å². The van der Waals surface area contributed by atoms with Gasteiger partial charge in [-0.05, 0) is 57.2 Å². The van der Waals surface area contributed by atoms with Crippen LogP contribution >= 0.6 is 0 Å². The van der Waals surface area contributed by atoms with Crippen LogP contribution in [-0.2, 0) is 0 Å². The molecule has 1 aliphatic heterocycles. The Labute approximate surface area is 141 Å². The van der Waals surface area contributed by atoms with Crippen molar-refractivity contribution < 1.29 is 4.74 Å². The standard InChI is InChI=1S/C20H32N2O/c1-20(2,3)23-18-10-8-17(9-11-18)19(16-6-4-5-7-16)22-14-12-21-13-15-22/h8-11,16,19,21H,4-7,12-15H2,1-3H3/t19-/m1/s1. The van der Waals surface area contributed by atoms with Crippen LogP contribution in [0, 0.1) is 5.92 Å². The highest BCUT2D eigenvalue weighted by molar-refractivity contribution is 5.30. The molecule has 0 amide bonds. The lowest BCUT2D eigenvalue weighted by atomic mass is 9.89. The van der Waals surface area contributed by atoms with Gasteiger partial charge in [0.15, 0.2) is 0 Å². The van der Waals surface area contributed by atoms with Crippen molar-refractivity contribution in [3.63, 3.8) is 0 Å². The van der Waals surface area contributed by atoms with Crippen molar-refractivity contribution in [2.24, 2.45) is 5.92 Å². The molecular formula is C20H32N2O. The minimum Gasteiger partial charge on any atom is -0.488 e. The van der Waals surface area contributed by atoms with Gasteiger partial charge in [-0.15, -0.1) is 0 Å². The summed E-state index contributed by atoms with van der Waals surface area (Å²) in [5, 5.41) is 3.48. The van der Waals surface area contributed by atoms with E-state index in [-0.39, 0.29) is 5.60 Å². The number of nitrogens with zero attached hydrogens (tertiary/aromatic N) is 1. The third kappa shape index (κ3) is 4.48. The normalized spacial score (nSPS) is 22.2. The van der Waals surface area contributed by atoms with E-state index < -0.39 is 0 Å². The van der Waals surface area contributed by atoms with E-state index in [9.17, 15) is 0 Å². The molecule has 2 aliphatic rings. The van der Waals surface area contributed by atoms with Crippen molar-refractivity contribution in [3.05, 3.63) is 29.8 Å². The smallest absolute Gasteiger partial charge is 0.120 e. The number of hydrogen-bond donors (Lipinski definition) is 1. The monoisotopic (exact) mass is 316 g/mol. The van der Waals surface area contributed by atoms with E-state index in [2.05, 4.69) is 55.3 Å². The van der Waals surface area contributed by atoms with Gasteiger partial charge in [0, 0.05) is 32.2 Å². The van der Waals surface area contributed by atoms with Gasteiger partial charge in [-0.3, -0.25) is 4.90 Å². The summed E-state index contributed by atoms with van der Waals surface area (Å²) < 4.78 is 5.98. The molecule has 1 saturated carbocycles. The summed E-state index contributed by atoms with van der Waals surface area (Å²) in [5.41, 5.74) is 1.34. The number of piperazine rings is 1. The van der Waals surface area contributed by atoms with Crippen molar-refractivity contribution >= 4 is 0 Å². The van der Waals surface area contributed by atoms with Gasteiger partial charge in [-0.25, -0.2) is 0 Å². The summed E-state index contributed by atoms with van der Waals surface area (Å²) in [4.78, 5) is 2.70. The van der Waals surface area contributed by atoms with E-state index in [0.29, 0.717) is 6.04 Å². The fourth-order valence-corrected chi connectivity index (χ4v) is 4.10. The quantitative estimate of drug-likeness (QED) is 0.908. The van der Waals surface area contributed by atoms with Gasteiger partial charge in [0.25, 0.3) is 0 Å². The van der Waals surface area contributed by atoms with E-state index in [1.54, 1.807) is 0 Å². The van der Waals surface area contributed by atoms with E-state index in [1.807, 2.05) is 0 Å². The van der Waals surface area contributed by atoms with E-state index in [0.717, 1.165) is 24.8 Å². The topological polar surface area (TPSA) is 24.5 Å². The van der Waals surface area contributed by atoms with Gasteiger partial charge in [-0.2, -0.15) is 0 Å². The second-order valence-electron chi connectivity index (χ2n) is 8.06. The minimum absolute atomic E-state index is 0.134. The summed E-state index contributed by atoms with van der Waals surface area (Å²) in [5.74, 6) is 1.80. The number of benzene rings is 1. The third-order valence-corrected chi connectivity index (χ3v) is 5.04. The highest BCUT2D eigenvalue weighted by atomic mass is 16.5. The fourth-order valence-electron chi connectivity index (χ4n) is 4.10. The first-order valence-corrected chi connectivity index (χ1v) is 9.27. The lowest BCUT2D eigenvalue weighted by Gasteiger charge is -2.38. The largest absolute Gasteiger partial charge is 0.488 e. The van der Waals surface area contributed by atoms with Gasteiger partial charge >= 0.3 is 0 Å². The summed E-state index contributed by atoms with van der Waals surface area (Å²) in [6.45, 7) is 10.9. The van der Waals surface area contributed by atoms with Crippen LogP contribution in [0.5, 0.6) is 5.75 Å². The van der Waals surface area contributed by atoms with E-state index >= 15 is 0 Å². The predicted octanol–water partition coefficient (Wildman–Crippen LogP) is 4.00. The van der Waals surface area contributed by atoms with Crippen LogP contribution in [0.15, 0.2) is 24.3 Å². The molecule has 1 aliphatic carbocycles. The van der Waals surface area contributed by atoms with Crippen LogP contribution in [0.4, 0.5) is 0 Å². The minimum atomic E-state index is -0.134. The zero-order valence-corrected chi connectivity index (χ0v) is 15.0. The van der Waals surface area contributed by atoms with Crippen molar-refractivity contribution in [2.75, 3.05) is 26.2 Å². The molecular weight excluding hydrogens is 284 g/mol. The molecule has 1 aromatic rings. The Morgan fingerprint density at radius 1 is 1.04 bits per heavy atom. The summed E-state index contributed by atoms with van der Waals surface area (Å²) in [6.07, 6.45) is 5.57. The molecule has 2 fully saturated rings. The first-order valence-electron chi connectivity index (χ1n) is 9.27. The Balaban J connectivity index is 1.78. The van der Waals surface area contributed by atoms with E-state index in [1.165, 1.54) is 44.3 Å². The van der Waals surface area contributed by atoms with Crippen LogP contribution in [0.25, 0.3) is 0 Å². The van der Waals surface area contributed by atoms with E-state index in [4.69, 9.17) is 4.74 Å². The summed E-state index contributed by atoms with van der Waals surface area (Å²) >= 11 is 0. The van der Waals surface area contributed by atoms with Gasteiger partial charge in [0.2, 0.25) is 0 Å². The zero-order chi connectivity index (χ0) is 16.3. The number of ether oxygens (including phenoxy) is 1. The lowest BCUT2D eigenvalue weighted by molar-refractivity contribution is 0.124. The number of nitrogens with one attached hydrogen (secondary N) is 1. The lowest BCUT2D eigenvalue weighted by Crippen LogP contribution is -2.46. The molecule has 0 radical (unpaired) electrons. The average molecular weight is 316 g/mol. The fraction of sp³-hybridized carbons (Fsp3) is 0.700. The third-order valence-electron chi connectivity index (χ3n) is 5.04. The van der Waals surface area contributed by atoms with Gasteiger partial charge in [-0.1, -0.05) is 25.0 Å². The van der Waals surface area contributed by atoms with Crippen LogP contribution in [0.1, 0.15) is 58.1 Å². The Morgan fingerprint density at radius 3 is 2.22 bits per heavy atom. The molecule has 1 N–H and O–H groups in total. The molecule has 3 rings (SSSR count). The molecule has 0 aromatic heterocycles. The highest BCUT2D eigenvalue weighted by Gasteiger charge is 2.31. The van der Waals surface area contributed by atoms with Crippen molar-refractivity contribution in [1.29, 1.82) is 0 Å². The first kappa shape index (κ1) is 16.8. The van der Waals surface area contributed by atoms with Gasteiger partial charge in [0.1, 0.15) is 11.4 Å². The van der Waals surface area contributed by atoms with Crippen LogP contribution < -0.4 is 10.1 Å². The Kier molecular flexibility index (Phi) is 5.27. The molecule has 128 valence electrons. The summed E-state index contributed by atoms with van der Waals surface area (Å²) in [7, 11) is 0. The van der Waals surface area contributed by atoms with Crippen molar-refractivity contribution in [1.82, 2.24) is 10.2 Å². The highest BCUT2D eigenvalue weighted by Crippen LogP contribution is 2.40.